The lowest BCUT2D eigenvalue weighted by atomic mass is 9.78. The first-order valence-electron chi connectivity index (χ1n) is 8.10. The Bertz CT molecular complexity index is 792. The smallest absolute Gasteiger partial charge is 0.386 e. The van der Waals surface area contributed by atoms with Gasteiger partial charge < -0.3 is 10.1 Å². The molecule has 1 atom stereocenters. The Balaban J connectivity index is 2.53. The summed E-state index contributed by atoms with van der Waals surface area (Å²) < 4.78 is 80.9. The number of nitrogens with one attached hydrogen (secondary N) is 1. The molecule has 1 saturated heterocycles. The molecule has 11 heteroatoms. The topological polar surface area (TPSA) is 79.2 Å². The number of rotatable bonds is 3. The normalized spacial score (nSPS) is 16.9. The summed E-state index contributed by atoms with van der Waals surface area (Å²) in [6.45, 7) is 0.727. The minimum Gasteiger partial charge on any atom is -0.386 e. The van der Waals surface area contributed by atoms with Gasteiger partial charge in [-0.3, -0.25) is 4.79 Å². The maximum absolute atomic E-state index is 13.2. The van der Waals surface area contributed by atoms with Gasteiger partial charge in [-0.15, -0.1) is 0 Å². The largest absolute Gasteiger partial charge is 0.491 e. The number of halogens is 6. The minimum absolute atomic E-state index is 0.237. The third-order valence-corrected chi connectivity index (χ3v) is 4.38. The SMILES string of the molecule is N#Cc1c(C(C(=O)OC(=O)C(F)(F)F)C2CCNCC2)cccc1C(F)(F)F. The molecule has 0 amide bonds. The first kappa shape index (κ1) is 21.7. The molecule has 1 heterocycles. The number of nitriles is 1. The van der Waals surface area contributed by atoms with E-state index in [1.807, 2.05) is 0 Å². The van der Waals surface area contributed by atoms with Crippen molar-refractivity contribution in [2.75, 3.05) is 13.1 Å². The number of ether oxygens (including phenoxy) is 1. The van der Waals surface area contributed by atoms with Crippen molar-refractivity contribution < 1.29 is 40.7 Å². The number of carbonyl (C=O) groups is 2. The molecule has 1 N–H and O–H groups in total. The standard InChI is InChI=1S/C17H14F6N2O3/c18-16(19,20)12-3-1-2-10(11(12)8-24)13(9-4-6-25-7-5-9)14(26)28-15(27)17(21,22)23/h1-3,9,13,25H,4-7H2. The molecule has 1 fully saturated rings. The highest BCUT2D eigenvalue weighted by Crippen LogP contribution is 2.39. The van der Waals surface area contributed by atoms with Gasteiger partial charge in [0.05, 0.1) is 17.0 Å². The Kier molecular flexibility index (Phi) is 6.34. The first-order chi connectivity index (χ1) is 13.0. The van der Waals surface area contributed by atoms with Crippen molar-refractivity contribution in [3.05, 3.63) is 34.9 Å². The van der Waals surface area contributed by atoms with E-state index in [-0.39, 0.29) is 12.8 Å². The van der Waals surface area contributed by atoms with E-state index in [9.17, 15) is 41.2 Å². The van der Waals surface area contributed by atoms with Gasteiger partial charge in [-0.25, -0.2) is 4.79 Å². The Morgan fingerprint density at radius 1 is 1.14 bits per heavy atom. The lowest BCUT2D eigenvalue weighted by molar-refractivity contribution is -0.202. The molecule has 1 unspecified atom stereocenters. The molecule has 0 aromatic heterocycles. The summed E-state index contributed by atoms with van der Waals surface area (Å²) in [7, 11) is 0. The molecule has 0 spiro atoms. The molecule has 28 heavy (non-hydrogen) atoms. The van der Waals surface area contributed by atoms with Crippen molar-refractivity contribution in [1.29, 1.82) is 5.26 Å². The van der Waals surface area contributed by atoms with Crippen LogP contribution in [0, 0.1) is 17.2 Å². The van der Waals surface area contributed by atoms with Crippen molar-refractivity contribution in [3.63, 3.8) is 0 Å². The molecule has 0 radical (unpaired) electrons. The molecule has 1 aliphatic rings. The van der Waals surface area contributed by atoms with Crippen molar-refractivity contribution in [3.8, 4) is 6.07 Å². The number of alkyl halides is 6. The Labute approximate surface area is 155 Å². The van der Waals surface area contributed by atoms with Crippen molar-refractivity contribution >= 4 is 11.9 Å². The highest BCUT2D eigenvalue weighted by Gasteiger charge is 2.45. The maximum atomic E-state index is 13.2. The van der Waals surface area contributed by atoms with Gasteiger partial charge in [0.15, 0.2) is 0 Å². The third kappa shape index (κ3) is 4.81. The van der Waals surface area contributed by atoms with E-state index in [2.05, 4.69) is 10.1 Å². The molecule has 152 valence electrons. The number of benzene rings is 1. The zero-order valence-electron chi connectivity index (χ0n) is 14.2. The van der Waals surface area contributed by atoms with Crippen LogP contribution >= 0.6 is 0 Å². The van der Waals surface area contributed by atoms with Gasteiger partial charge in [0.25, 0.3) is 0 Å². The second kappa shape index (κ2) is 8.18. The van der Waals surface area contributed by atoms with E-state index in [0.29, 0.717) is 19.2 Å². The Morgan fingerprint density at radius 3 is 2.25 bits per heavy atom. The van der Waals surface area contributed by atoms with E-state index >= 15 is 0 Å². The molecule has 0 bridgehead atoms. The average molecular weight is 408 g/mol. The minimum atomic E-state index is -5.44. The molecular weight excluding hydrogens is 394 g/mol. The van der Waals surface area contributed by atoms with Crippen LogP contribution in [0.3, 0.4) is 0 Å². The van der Waals surface area contributed by atoms with Crippen LogP contribution in [0.25, 0.3) is 0 Å². The fourth-order valence-electron chi connectivity index (χ4n) is 3.15. The highest BCUT2D eigenvalue weighted by molar-refractivity contribution is 5.92. The third-order valence-electron chi connectivity index (χ3n) is 4.38. The number of carbonyl (C=O) groups excluding carboxylic acids is 2. The van der Waals surface area contributed by atoms with E-state index < -0.39 is 52.8 Å². The van der Waals surface area contributed by atoms with E-state index in [1.165, 1.54) is 6.07 Å². The summed E-state index contributed by atoms with van der Waals surface area (Å²) in [5.74, 6) is -6.72. The van der Waals surface area contributed by atoms with Gasteiger partial charge in [-0.1, -0.05) is 12.1 Å². The fourth-order valence-corrected chi connectivity index (χ4v) is 3.15. The van der Waals surface area contributed by atoms with Gasteiger partial charge in [-0.05, 0) is 43.5 Å². The predicted octanol–water partition coefficient (Wildman–Crippen LogP) is 3.29. The molecule has 1 aliphatic heterocycles. The zero-order valence-corrected chi connectivity index (χ0v) is 14.2. The van der Waals surface area contributed by atoms with E-state index in [0.717, 1.165) is 12.1 Å². The molecule has 1 aromatic carbocycles. The number of hydrogen-bond acceptors (Lipinski definition) is 5. The lowest BCUT2D eigenvalue weighted by Crippen LogP contribution is -2.37. The summed E-state index contributed by atoms with van der Waals surface area (Å²) >= 11 is 0. The number of hydrogen-bond donors (Lipinski definition) is 1. The molecule has 5 nitrogen and oxygen atoms in total. The second-order valence-corrected chi connectivity index (χ2v) is 6.15. The van der Waals surface area contributed by atoms with Crippen LogP contribution in [-0.4, -0.2) is 31.2 Å². The summed E-state index contributed by atoms with van der Waals surface area (Å²) in [5.41, 5.74) is -2.61. The van der Waals surface area contributed by atoms with Crippen molar-refractivity contribution in [2.45, 2.75) is 31.1 Å². The number of nitrogens with zero attached hydrogens (tertiary/aromatic N) is 1. The van der Waals surface area contributed by atoms with Gasteiger partial charge in [0.2, 0.25) is 0 Å². The Morgan fingerprint density at radius 2 is 1.75 bits per heavy atom. The lowest BCUT2D eigenvalue weighted by Gasteiger charge is -2.30. The number of esters is 2. The van der Waals surface area contributed by atoms with Gasteiger partial charge in [0, 0.05) is 0 Å². The number of piperidine rings is 1. The second-order valence-electron chi connectivity index (χ2n) is 6.15. The summed E-state index contributed by atoms with van der Waals surface area (Å²) in [4.78, 5) is 23.4. The summed E-state index contributed by atoms with van der Waals surface area (Å²) in [6.07, 6.45) is -9.88. The average Bonchev–Trinajstić information content (AvgIpc) is 2.61. The summed E-state index contributed by atoms with van der Waals surface area (Å²) in [5, 5.41) is 12.2. The molecule has 0 aliphatic carbocycles. The van der Waals surface area contributed by atoms with E-state index in [1.54, 1.807) is 0 Å². The van der Waals surface area contributed by atoms with Crippen LogP contribution in [0.2, 0.25) is 0 Å². The molecule has 2 rings (SSSR count). The predicted molar refractivity (Wildman–Crippen MR) is 81.6 cm³/mol. The summed E-state index contributed by atoms with van der Waals surface area (Å²) in [6, 6.07) is 4.02. The van der Waals surface area contributed by atoms with Gasteiger partial charge in [-0.2, -0.15) is 31.6 Å². The maximum Gasteiger partial charge on any atom is 0.491 e. The van der Waals surface area contributed by atoms with Crippen molar-refractivity contribution in [1.82, 2.24) is 5.32 Å². The van der Waals surface area contributed by atoms with Crippen LogP contribution < -0.4 is 5.32 Å². The fraction of sp³-hybridized carbons (Fsp3) is 0.471. The van der Waals surface area contributed by atoms with Crippen LogP contribution in [0.15, 0.2) is 18.2 Å². The van der Waals surface area contributed by atoms with E-state index in [4.69, 9.17) is 0 Å². The van der Waals surface area contributed by atoms with Crippen LogP contribution in [0.1, 0.15) is 35.4 Å². The monoisotopic (exact) mass is 408 g/mol. The van der Waals surface area contributed by atoms with Gasteiger partial charge >= 0.3 is 24.3 Å². The molecule has 1 aromatic rings. The Hall–Kier alpha value is -2.61. The van der Waals surface area contributed by atoms with Gasteiger partial charge in [0.1, 0.15) is 6.07 Å². The highest BCUT2D eigenvalue weighted by atomic mass is 19.4. The van der Waals surface area contributed by atoms with Crippen molar-refractivity contribution in [2.24, 2.45) is 5.92 Å². The molecule has 0 saturated carbocycles. The van der Waals surface area contributed by atoms with Crippen LogP contribution in [-0.2, 0) is 20.5 Å². The van der Waals surface area contributed by atoms with Crippen LogP contribution in [0.5, 0.6) is 0 Å². The molecular formula is C17H14F6N2O3. The van der Waals surface area contributed by atoms with Crippen LogP contribution in [0.4, 0.5) is 26.3 Å². The first-order valence-corrected chi connectivity index (χ1v) is 8.10. The zero-order chi connectivity index (χ0) is 21.1. The quantitative estimate of drug-likeness (QED) is 0.472.